The average molecular weight is 173 g/mol. The summed E-state index contributed by atoms with van der Waals surface area (Å²) in [5.41, 5.74) is 1.17. The molecule has 0 spiro atoms. The van der Waals surface area contributed by atoms with Crippen molar-refractivity contribution in [2.75, 3.05) is 0 Å². The minimum absolute atomic E-state index is 0.170. The van der Waals surface area contributed by atoms with Gasteiger partial charge >= 0.3 is 0 Å². The van der Waals surface area contributed by atoms with E-state index in [-0.39, 0.29) is 5.92 Å². The van der Waals surface area contributed by atoms with Crippen molar-refractivity contribution >= 4 is 5.78 Å². The fourth-order valence-corrected chi connectivity index (χ4v) is 1.97. The summed E-state index contributed by atoms with van der Waals surface area (Å²) in [5.74, 6) is 0.584. The van der Waals surface area contributed by atoms with E-state index in [0.29, 0.717) is 5.78 Å². The molecular formula is C12H13O. The second kappa shape index (κ2) is 3.73. The van der Waals surface area contributed by atoms with Crippen LogP contribution >= 0.6 is 0 Å². The number of carbonyl (C=O) groups is 1. The molecule has 1 heteroatoms. The van der Waals surface area contributed by atoms with Gasteiger partial charge in [0.25, 0.3) is 0 Å². The third-order valence-electron chi connectivity index (χ3n) is 2.70. The lowest BCUT2D eigenvalue weighted by Gasteiger charge is -2.20. The van der Waals surface area contributed by atoms with Gasteiger partial charge in [-0.2, -0.15) is 0 Å². The quantitative estimate of drug-likeness (QED) is 0.638. The molecule has 1 radical (unpaired) electrons. The molecule has 1 aliphatic carbocycles. The Hall–Kier alpha value is -1.11. The first kappa shape index (κ1) is 8.49. The number of Topliss-reactive ketones (excluding diaryl/α,β-unsaturated/α-hetero) is 1. The topological polar surface area (TPSA) is 17.1 Å². The number of rotatable bonds is 1. The maximum absolute atomic E-state index is 11.6. The summed E-state index contributed by atoms with van der Waals surface area (Å²) in [5, 5.41) is 0. The molecule has 1 aromatic carbocycles. The summed E-state index contributed by atoms with van der Waals surface area (Å²) >= 11 is 0. The smallest absolute Gasteiger partial charge is 0.140 e. The van der Waals surface area contributed by atoms with Gasteiger partial charge in [-0.25, -0.2) is 0 Å². The minimum atomic E-state index is 0.170. The van der Waals surface area contributed by atoms with E-state index in [1.165, 1.54) is 12.0 Å². The van der Waals surface area contributed by atoms with Gasteiger partial charge < -0.3 is 0 Å². The summed E-state index contributed by atoms with van der Waals surface area (Å²) in [4.78, 5) is 11.6. The first-order valence-corrected chi connectivity index (χ1v) is 4.86. The highest BCUT2D eigenvalue weighted by atomic mass is 16.1. The Labute approximate surface area is 78.8 Å². The SMILES string of the molecule is O=C1CCCCC1c1cc[c]cc1. The standard InChI is InChI=1S/C12H13O/c13-12-9-5-4-8-11(12)10-6-2-1-3-7-10/h2-3,6-7,11H,4-5,8-9H2. The third-order valence-corrected chi connectivity index (χ3v) is 2.70. The summed E-state index contributed by atoms with van der Waals surface area (Å²) in [6.07, 6.45) is 4.06. The van der Waals surface area contributed by atoms with Gasteiger partial charge in [0.2, 0.25) is 0 Å². The Morgan fingerprint density at radius 1 is 1.23 bits per heavy atom. The second-order valence-corrected chi connectivity index (χ2v) is 3.60. The zero-order chi connectivity index (χ0) is 9.10. The predicted molar refractivity (Wildman–Crippen MR) is 51.5 cm³/mol. The Kier molecular flexibility index (Phi) is 2.44. The van der Waals surface area contributed by atoms with Crippen molar-refractivity contribution in [3.63, 3.8) is 0 Å². The zero-order valence-corrected chi connectivity index (χ0v) is 7.62. The fraction of sp³-hybridized carbons (Fsp3) is 0.417. The first-order chi connectivity index (χ1) is 6.38. The van der Waals surface area contributed by atoms with Crippen LogP contribution in [0.25, 0.3) is 0 Å². The third kappa shape index (κ3) is 1.80. The Morgan fingerprint density at radius 2 is 2.00 bits per heavy atom. The first-order valence-electron chi connectivity index (χ1n) is 4.86. The summed E-state index contributed by atoms with van der Waals surface area (Å²) in [6, 6.07) is 10.8. The molecule has 0 bridgehead atoms. The molecule has 1 fully saturated rings. The van der Waals surface area contributed by atoms with E-state index in [4.69, 9.17) is 0 Å². The van der Waals surface area contributed by atoms with Crippen molar-refractivity contribution in [1.82, 2.24) is 0 Å². The molecule has 2 rings (SSSR count). The minimum Gasteiger partial charge on any atom is -0.299 e. The van der Waals surface area contributed by atoms with Crippen LogP contribution in [0.3, 0.4) is 0 Å². The van der Waals surface area contributed by atoms with E-state index >= 15 is 0 Å². The summed E-state index contributed by atoms with van der Waals surface area (Å²) < 4.78 is 0. The van der Waals surface area contributed by atoms with E-state index in [0.717, 1.165) is 19.3 Å². The van der Waals surface area contributed by atoms with Crippen LogP contribution in [0, 0.1) is 6.07 Å². The lowest BCUT2D eigenvalue weighted by atomic mass is 9.83. The summed E-state index contributed by atoms with van der Waals surface area (Å²) in [7, 11) is 0. The highest BCUT2D eigenvalue weighted by Gasteiger charge is 2.22. The highest BCUT2D eigenvalue weighted by Crippen LogP contribution is 2.29. The molecule has 1 atom stereocenters. The molecular weight excluding hydrogens is 160 g/mol. The van der Waals surface area contributed by atoms with E-state index < -0.39 is 0 Å². The number of hydrogen-bond donors (Lipinski definition) is 0. The van der Waals surface area contributed by atoms with Crippen LogP contribution < -0.4 is 0 Å². The van der Waals surface area contributed by atoms with Gasteiger partial charge in [0.1, 0.15) is 5.78 Å². The fourth-order valence-electron chi connectivity index (χ4n) is 1.97. The zero-order valence-electron chi connectivity index (χ0n) is 7.62. The molecule has 0 saturated heterocycles. The second-order valence-electron chi connectivity index (χ2n) is 3.60. The number of carbonyl (C=O) groups excluding carboxylic acids is 1. The van der Waals surface area contributed by atoms with Gasteiger partial charge in [-0.05, 0) is 24.5 Å². The lowest BCUT2D eigenvalue weighted by Crippen LogP contribution is -2.16. The normalized spacial score (nSPS) is 23.1. The highest BCUT2D eigenvalue weighted by molar-refractivity contribution is 5.86. The van der Waals surface area contributed by atoms with Gasteiger partial charge in [-0.1, -0.05) is 30.7 Å². The number of hydrogen-bond acceptors (Lipinski definition) is 1. The molecule has 1 aliphatic rings. The molecule has 0 N–H and O–H groups in total. The van der Waals surface area contributed by atoms with Crippen molar-refractivity contribution in [2.45, 2.75) is 31.6 Å². The van der Waals surface area contributed by atoms with Gasteiger partial charge in [0.05, 0.1) is 0 Å². The Morgan fingerprint density at radius 3 is 2.69 bits per heavy atom. The average Bonchev–Trinajstić information content (AvgIpc) is 2.20. The van der Waals surface area contributed by atoms with Gasteiger partial charge in [0, 0.05) is 12.3 Å². The predicted octanol–water partition coefficient (Wildman–Crippen LogP) is 2.71. The van der Waals surface area contributed by atoms with Crippen molar-refractivity contribution in [2.24, 2.45) is 0 Å². The summed E-state index contributed by atoms with van der Waals surface area (Å²) in [6.45, 7) is 0. The molecule has 67 valence electrons. The van der Waals surface area contributed by atoms with Gasteiger partial charge in [0.15, 0.2) is 0 Å². The molecule has 13 heavy (non-hydrogen) atoms. The lowest BCUT2D eigenvalue weighted by molar-refractivity contribution is -0.121. The van der Waals surface area contributed by atoms with E-state index in [9.17, 15) is 4.79 Å². The van der Waals surface area contributed by atoms with Crippen LogP contribution in [-0.4, -0.2) is 5.78 Å². The van der Waals surface area contributed by atoms with Crippen LogP contribution in [0.4, 0.5) is 0 Å². The van der Waals surface area contributed by atoms with E-state index in [1.807, 2.05) is 24.3 Å². The van der Waals surface area contributed by atoms with Crippen molar-refractivity contribution < 1.29 is 4.79 Å². The maximum Gasteiger partial charge on any atom is 0.140 e. The number of benzene rings is 1. The molecule has 0 aromatic heterocycles. The van der Waals surface area contributed by atoms with Crippen molar-refractivity contribution in [3.05, 3.63) is 35.9 Å². The Bertz CT molecular complexity index is 289. The molecule has 1 nitrogen and oxygen atoms in total. The molecule has 0 amide bonds. The van der Waals surface area contributed by atoms with Crippen molar-refractivity contribution in [1.29, 1.82) is 0 Å². The maximum atomic E-state index is 11.6. The van der Waals surface area contributed by atoms with E-state index in [2.05, 4.69) is 6.07 Å². The largest absolute Gasteiger partial charge is 0.299 e. The van der Waals surface area contributed by atoms with Crippen LogP contribution in [0.15, 0.2) is 24.3 Å². The van der Waals surface area contributed by atoms with Crippen molar-refractivity contribution in [3.8, 4) is 0 Å². The Balaban J connectivity index is 2.20. The van der Waals surface area contributed by atoms with Gasteiger partial charge in [-0.3, -0.25) is 4.79 Å². The molecule has 0 heterocycles. The monoisotopic (exact) mass is 173 g/mol. The molecule has 1 saturated carbocycles. The number of ketones is 1. The van der Waals surface area contributed by atoms with Crippen LogP contribution in [0.2, 0.25) is 0 Å². The molecule has 1 unspecified atom stereocenters. The molecule has 1 aromatic rings. The van der Waals surface area contributed by atoms with Gasteiger partial charge in [-0.15, -0.1) is 0 Å². The van der Waals surface area contributed by atoms with Crippen LogP contribution in [0.5, 0.6) is 0 Å². The molecule has 0 aliphatic heterocycles. The van der Waals surface area contributed by atoms with Crippen LogP contribution in [-0.2, 0) is 4.79 Å². The van der Waals surface area contributed by atoms with E-state index in [1.54, 1.807) is 0 Å². The van der Waals surface area contributed by atoms with Crippen LogP contribution in [0.1, 0.15) is 37.2 Å².